The molecule has 2 atom stereocenters. The standard InChI is InChI=1S/C15H20ClNO4S/c1-11-9-17(10-12(2)21-11)15(18)7-8-22(19,20)14-5-3-13(16)4-6-14/h3-6,11-12H,7-10H2,1-2H3. The van der Waals surface area contributed by atoms with Crippen LogP contribution in [0.2, 0.25) is 5.02 Å². The van der Waals surface area contributed by atoms with Gasteiger partial charge in [-0.25, -0.2) is 8.42 Å². The topological polar surface area (TPSA) is 63.7 Å². The van der Waals surface area contributed by atoms with Crippen molar-refractivity contribution in [2.45, 2.75) is 37.4 Å². The molecule has 5 nitrogen and oxygen atoms in total. The Hall–Kier alpha value is -1.11. The molecule has 2 rings (SSSR count). The Morgan fingerprint density at radius 3 is 2.32 bits per heavy atom. The van der Waals surface area contributed by atoms with Crippen molar-refractivity contribution in [1.29, 1.82) is 0 Å². The summed E-state index contributed by atoms with van der Waals surface area (Å²) in [7, 11) is -3.48. The van der Waals surface area contributed by atoms with Crippen molar-refractivity contribution in [3.05, 3.63) is 29.3 Å². The lowest BCUT2D eigenvalue weighted by Gasteiger charge is -2.35. The zero-order chi connectivity index (χ0) is 16.3. The van der Waals surface area contributed by atoms with E-state index in [9.17, 15) is 13.2 Å². The molecule has 1 aliphatic heterocycles. The maximum Gasteiger partial charge on any atom is 0.223 e. The Balaban J connectivity index is 1.96. The molecule has 1 heterocycles. The van der Waals surface area contributed by atoms with Gasteiger partial charge in [-0.2, -0.15) is 0 Å². The SMILES string of the molecule is CC1CN(C(=O)CCS(=O)(=O)c2ccc(Cl)cc2)CC(C)O1. The van der Waals surface area contributed by atoms with Crippen LogP contribution in [-0.2, 0) is 19.4 Å². The van der Waals surface area contributed by atoms with Crippen LogP contribution in [-0.4, -0.2) is 50.3 Å². The number of carbonyl (C=O) groups excluding carboxylic acids is 1. The van der Waals surface area contributed by atoms with Gasteiger partial charge in [-0.15, -0.1) is 0 Å². The minimum Gasteiger partial charge on any atom is -0.372 e. The Morgan fingerprint density at radius 2 is 1.77 bits per heavy atom. The molecule has 1 fully saturated rings. The van der Waals surface area contributed by atoms with Crippen LogP contribution in [0.1, 0.15) is 20.3 Å². The third kappa shape index (κ3) is 4.44. The molecule has 0 radical (unpaired) electrons. The number of hydrogen-bond donors (Lipinski definition) is 0. The van der Waals surface area contributed by atoms with E-state index in [1.807, 2.05) is 13.8 Å². The van der Waals surface area contributed by atoms with Gasteiger partial charge in [0.1, 0.15) is 0 Å². The highest BCUT2D eigenvalue weighted by atomic mass is 35.5. The summed E-state index contributed by atoms with van der Waals surface area (Å²) in [6.07, 6.45) is -0.0779. The van der Waals surface area contributed by atoms with E-state index in [4.69, 9.17) is 16.3 Å². The van der Waals surface area contributed by atoms with Gasteiger partial charge in [0, 0.05) is 24.5 Å². The number of nitrogens with zero attached hydrogens (tertiary/aromatic N) is 1. The van der Waals surface area contributed by atoms with Crippen LogP contribution >= 0.6 is 11.6 Å². The molecule has 0 aliphatic carbocycles. The number of morpholine rings is 1. The third-order valence-electron chi connectivity index (χ3n) is 3.53. The molecule has 22 heavy (non-hydrogen) atoms. The van der Waals surface area contributed by atoms with Gasteiger partial charge in [-0.05, 0) is 38.1 Å². The fraction of sp³-hybridized carbons (Fsp3) is 0.533. The van der Waals surface area contributed by atoms with Crippen LogP contribution in [0.5, 0.6) is 0 Å². The van der Waals surface area contributed by atoms with Crippen molar-refractivity contribution in [3.8, 4) is 0 Å². The molecule has 1 aromatic rings. The quantitative estimate of drug-likeness (QED) is 0.838. The first-order valence-electron chi connectivity index (χ1n) is 7.19. The van der Waals surface area contributed by atoms with E-state index < -0.39 is 9.84 Å². The fourth-order valence-corrected chi connectivity index (χ4v) is 3.88. The van der Waals surface area contributed by atoms with Gasteiger partial charge in [0.2, 0.25) is 5.91 Å². The summed E-state index contributed by atoms with van der Waals surface area (Å²) in [5.74, 6) is -0.354. The summed E-state index contributed by atoms with van der Waals surface area (Å²) in [5.41, 5.74) is 0. The van der Waals surface area contributed by atoms with E-state index >= 15 is 0 Å². The zero-order valence-corrected chi connectivity index (χ0v) is 14.2. The van der Waals surface area contributed by atoms with Gasteiger partial charge in [0.25, 0.3) is 0 Å². The molecule has 122 valence electrons. The largest absolute Gasteiger partial charge is 0.372 e. The molecule has 0 bridgehead atoms. The molecule has 7 heteroatoms. The van der Waals surface area contributed by atoms with E-state index in [2.05, 4.69) is 0 Å². The minimum atomic E-state index is -3.48. The summed E-state index contributed by atoms with van der Waals surface area (Å²) in [5, 5.41) is 0.478. The summed E-state index contributed by atoms with van der Waals surface area (Å²) >= 11 is 5.75. The lowest BCUT2D eigenvalue weighted by Crippen LogP contribution is -2.48. The first-order valence-corrected chi connectivity index (χ1v) is 9.22. The molecular formula is C15H20ClNO4S. The van der Waals surface area contributed by atoms with Crippen LogP contribution < -0.4 is 0 Å². The normalized spacial score (nSPS) is 22.6. The molecule has 0 saturated carbocycles. The van der Waals surface area contributed by atoms with Gasteiger partial charge in [-0.3, -0.25) is 4.79 Å². The van der Waals surface area contributed by atoms with E-state index in [0.29, 0.717) is 18.1 Å². The van der Waals surface area contributed by atoms with Gasteiger partial charge in [0.15, 0.2) is 9.84 Å². The molecular weight excluding hydrogens is 326 g/mol. The molecule has 2 unspecified atom stereocenters. The molecule has 1 aromatic carbocycles. The Labute approximate surface area is 136 Å². The van der Waals surface area contributed by atoms with Crippen molar-refractivity contribution in [2.75, 3.05) is 18.8 Å². The van der Waals surface area contributed by atoms with Crippen LogP contribution in [0.4, 0.5) is 0 Å². The number of halogens is 1. The lowest BCUT2D eigenvalue weighted by atomic mass is 10.2. The number of sulfone groups is 1. The van der Waals surface area contributed by atoms with E-state index in [-0.39, 0.29) is 35.2 Å². The predicted octanol–water partition coefficient (Wildman–Crippen LogP) is 2.14. The number of rotatable bonds is 4. The van der Waals surface area contributed by atoms with Crippen molar-refractivity contribution in [3.63, 3.8) is 0 Å². The molecule has 1 amide bonds. The third-order valence-corrected chi connectivity index (χ3v) is 5.51. The Bertz CT molecular complexity index is 619. The minimum absolute atomic E-state index is 0.0234. The first kappa shape index (κ1) is 17.2. The lowest BCUT2D eigenvalue weighted by molar-refractivity contribution is -0.142. The fourth-order valence-electron chi connectivity index (χ4n) is 2.52. The average molecular weight is 346 g/mol. The summed E-state index contributed by atoms with van der Waals surface area (Å²) in [4.78, 5) is 14.1. The second kappa shape index (κ2) is 6.98. The summed E-state index contributed by atoms with van der Waals surface area (Å²) in [6.45, 7) is 4.81. The molecule has 0 spiro atoms. The monoisotopic (exact) mass is 345 g/mol. The van der Waals surface area contributed by atoms with E-state index in [1.54, 1.807) is 4.90 Å². The highest BCUT2D eigenvalue weighted by Crippen LogP contribution is 2.17. The van der Waals surface area contributed by atoms with Crippen LogP contribution in [0.3, 0.4) is 0 Å². The van der Waals surface area contributed by atoms with Gasteiger partial charge < -0.3 is 9.64 Å². The Morgan fingerprint density at radius 1 is 1.23 bits per heavy atom. The second-order valence-corrected chi connectivity index (χ2v) is 8.12. The predicted molar refractivity (Wildman–Crippen MR) is 84.7 cm³/mol. The second-order valence-electron chi connectivity index (χ2n) is 5.58. The van der Waals surface area contributed by atoms with Gasteiger partial charge in [-0.1, -0.05) is 11.6 Å². The summed E-state index contributed by atoms with van der Waals surface area (Å²) < 4.78 is 30.0. The van der Waals surface area contributed by atoms with Crippen molar-refractivity contribution < 1.29 is 17.9 Å². The van der Waals surface area contributed by atoms with E-state index in [0.717, 1.165) is 0 Å². The smallest absolute Gasteiger partial charge is 0.223 e. The van der Waals surface area contributed by atoms with Crippen LogP contribution in [0, 0.1) is 0 Å². The molecule has 0 N–H and O–H groups in total. The highest BCUT2D eigenvalue weighted by molar-refractivity contribution is 7.91. The number of hydrogen-bond acceptors (Lipinski definition) is 4. The summed E-state index contributed by atoms with van der Waals surface area (Å²) in [6, 6.07) is 5.98. The maximum absolute atomic E-state index is 12.2. The number of amides is 1. The van der Waals surface area contributed by atoms with E-state index in [1.165, 1.54) is 24.3 Å². The van der Waals surface area contributed by atoms with Crippen LogP contribution in [0.15, 0.2) is 29.2 Å². The number of carbonyl (C=O) groups is 1. The van der Waals surface area contributed by atoms with Crippen LogP contribution in [0.25, 0.3) is 0 Å². The molecule has 1 saturated heterocycles. The first-order chi connectivity index (χ1) is 10.3. The number of ether oxygens (including phenoxy) is 1. The van der Waals surface area contributed by atoms with Gasteiger partial charge >= 0.3 is 0 Å². The van der Waals surface area contributed by atoms with Crippen molar-refractivity contribution in [1.82, 2.24) is 4.90 Å². The van der Waals surface area contributed by atoms with Crippen molar-refractivity contribution >= 4 is 27.3 Å². The molecule has 0 aromatic heterocycles. The van der Waals surface area contributed by atoms with Crippen molar-refractivity contribution in [2.24, 2.45) is 0 Å². The zero-order valence-electron chi connectivity index (χ0n) is 12.7. The highest BCUT2D eigenvalue weighted by Gasteiger charge is 2.27. The maximum atomic E-state index is 12.2. The average Bonchev–Trinajstić information content (AvgIpc) is 2.44. The Kier molecular flexibility index (Phi) is 5.47. The molecule has 1 aliphatic rings. The van der Waals surface area contributed by atoms with Gasteiger partial charge in [0.05, 0.1) is 22.9 Å². The number of benzene rings is 1.